The van der Waals surface area contributed by atoms with Crippen LogP contribution in [0.25, 0.3) is 0 Å². The van der Waals surface area contributed by atoms with Crippen molar-refractivity contribution in [2.45, 2.75) is 38.0 Å². The van der Waals surface area contributed by atoms with Crippen molar-refractivity contribution in [2.24, 2.45) is 0 Å². The van der Waals surface area contributed by atoms with Crippen molar-refractivity contribution < 1.29 is 9.90 Å². The quantitative estimate of drug-likeness (QED) is 0.802. The third-order valence-corrected chi connectivity index (χ3v) is 4.15. The lowest BCUT2D eigenvalue weighted by Crippen LogP contribution is -2.51. The molecule has 0 bridgehead atoms. The Morgan fingerprint density at radius 1 is 1.29 bits per heavy atom. The highest BCUT2D eigenvalue weighted by Gasteiger charge is 2.30. The second-order valence-corrected chi connectivity index (χ2v) is 5.89. The minimum atomic E-state index is -0.627. The van der Waals surface area contributed by atoms with E-state index in [0.29, 0.717) is 31.9 Å². The van der Waals surface area contributed by atoms with Crippen LogP contribution in [0.4, 0.5) is 5.95 Å². The second kappa shape index (κ2) is 7.87. The molecule has 0 unspecified atom stereocenters. The highest BCUT2D eigenvalue weighted by Crippen LogP contribution is 2.16. The number of nitrogens with zero attached hydrogens (tertiary/aromatic N) is 5. The molecule has 8 heteroatoms. The normalized spacial score (nSPS) is 20.8. The van der Waals surface area contributed by atoms with Crippen molar-refractivity contribution in [3.05, 3.63) is 36.9 Å². The molecule has 1 aliphatic heterocycles. The summed E-state index contributed by atoms with van der Waals surface area (Å²) in [7, 11) is 0. The third kappa shape index (κ3) is 4.29. The molecule has 0 radical (unpaired) electrons. The molecule has 2 N–H and O–H groups in total. The summed E-state index contributed by atoms with van der Waals surface area (Å²) >= 11 is 0. The van der Waals surface area contributed by atoms with Crippen LogP contribution in [-0.2, 0) is 11.3 Å². The van der Waals surface area contributed by atoms with Gasteiger partial charge >= 0.3 is 0 Å². The number of piperidine rings is 1. The largest absolute Gasteiger partial charge is 0.389 e. The Morgan fingerprint density at radius 2 is 2.12 bits per heavy atom. The summed E-state index contributed by atoms with van der Waals surface area (Å²) in [6.07, 6.45) is 8.17. The van der Waals surface area contributed by atoms with Crippen molar-refractivity contribution in [1.29, 1.82) is 0 Å². The van der Waals surface area contributed by atoms with Crippen LogP contribution >= 0.6 is 0 Å². The zero-order valence-electron chi connectivity index (χ0n) is 13.5. The van der Waals surface area contributed by atoms with E-state index in [4.69, 9.17) is 0 Å². The molecular weight excluding hydrogens is 308 g/mol. The Kier molecular flexibility index (Phi) is 5.37. The molecule has 1 aliphatic rings. The van der Waals surface area contributed by atoms with Gasteiger partial charge < -0.3 is 15.3 Å². The molecular formula is C16H22N6O2. The molecule has 24 heavy (non-hydrogen) atoms. The number of amides is 1. The summed E-state index contributed by atoms with van der Waals surface area (Å²) in [4.78, 5) is 22.2. The summed E-state index contributed by atoms with van der Waals surface area (Å²) < 4.78 is 1.82. The van der Waals surface area contributed by atoms with Gasteiger partial charge in [0.05, 0.1) is 12.1 Å². The summed E-state index contributed by atoms with van der Waals surface area (Å²) in [6.45, 7) is 1.69. The Balaban J connectivity index is 1.43. The minimum absolute atomic E-state index is 0.0793. The van der Waals surface area contributed by atoms with Crippen molar-refractivity contribution in [3.8, 4) is 0 Å². The Morgan fingerprint density at radius 3 is 2.83 bits per heavy atom. The lowest BCUT2D eigenvalue weighted by molar-refractivity contribution is -0.134. The molecule has 1 amide bonds. The first-order valence-electron chi connectivity index (χ1n) is 8.19. The van der Waals surface area contributed by atoms with Crippen LogP contribution in [0.2, 0.25) is 0 Å². The molecule has 0 saturated carbocycles. The SMILES string of the molecule is O=C(CCCn1cccn1)N1CC[C@@H](Nc2ncccn2)[C@H](O)C1. The van der Waals surface area contributed by atoms with Crippen LogP contribution in [0.1, 0.15) is 19.3 Å². The number of aliphatic hydroxyl groups excluding tert-OH is 1. The van der Waals surface area contributed by atoms with Gasteiger partial charge in [-0.15, -0.1) is 0 Å². The number of likely N-dealkylation sites (tertiary alicyclic amines) is 1. The lowest BCUT2D eigenvalue weighted by Gasteiger charge is -2.36. The van der Waals surface area contributed by atoms with Crippen molar-refractivity contribution in [2.75, 3.05) is 18.4 Å². The van der Waals surface area contributed by atoms with E-state index in [1.54, 1.807) is 29.6 Å². The summed E-state index contributed by atoms with van der Waals surface area (Å²) in [6, 6.07) is 3.47. The number of anilines is 1. The van der Waals surface area contributed by atoms with Gasteiger partial charge in [-0.3, -0.25) is 9.48 Å². The Hall–Kier alpha value is -2.48. The number of carbonyl (C=O) groups excluding carboxylic acids is 1. The standard InChI is InChI=1S/C16H22N6O2/c23-14-12-21(15(24)4-1-9-22-10-3-8-19-22)11-5-13(14)20-16-17-6-2-7-18-16/h2-3,6-8,10,13-14,23H,1,4-5,9,11-12H2,(H,17,18,20)/t13-,14-/m1/s1. The van der Waals surface area contributed by atoms with Crippen molar-refractivity contribution >= 4 is 11.9 Å². The van der Waals surface area contributed by atoms with Crippen LogP contribution in [-0.4, -0.2) is 60.9 Å². The number of rotatable bonds is 6. The summed E-state index contributed by atoms with van der Waals surface area (Å²) in [5.74, 6) is 0.580. The van der Waals surface area contributed by atoms with Gasteiger partial charge in [-0.2, -0.15) is 5.10 Å². The number of β-amino-alcohol motifs (C(OH)–C–C–N with tert-alkyl or cyclic N) is 1. The number of aromatic nitrogens is 4. The van der Waals surface area contributed by atoms with Crippen LogP contribution < -0.4 is 5.32 Å². The van der Waals surface area contributed by atoms with Crippen LogP contribution in [0, 0.1) is 0 Å². The maximum atomic E-state index is 12.3. The minimum Gasteiger partial charge on any atom is -0.389 e. The number of aliphatic hydroxyl groups is 1. The maximum absolute atomic E-state index is 12.3. The molecule has 2 aromatic rings. The average Bonchev–Trinajstić information content (AvgIpc) is 3.11. The molecule has 3 heterocycles. The van der Waals surface area contributed by atoms with Gasteiger partial charge in [-0.1, -0.05) is 0 Å². The third-order valence-electron chi connectivity index (χ3n) is 4.15. The molecule has 3 rings (SSSR count). The molecule has 128 valence electrons. The predicted octanol–water partition coefficient (Wildman–Crippen LogP) is 0.527. The highest BCUT2D eigenvalue weighted by atomic mass is 16.3. The van der Waals surface area contributed by atoms with Gasteiger partial charge in [-0.25, -0.2) is 9.97 Å². The number of hydrogen-bond donors (Lipinski definition) is 2. The van der Waals surface area contributed by atoms with E-state index in [1.807, 2.05) is 16.9 Å². The van der Waals surface area contributed by atoms with Crippen LogP contribution in [0.5, 0.6) is 0 Å². The first kappa shape index (κ1) is 16.4. The number of carbonyl (C=O) groups is 1. The van der Waals surface area contributed by atoms with E-state index >= 15 is 0 Å². The summed E-state index contributed by atoms with van der Waals surface area (Å²) in [5, 5.41) is 17.5. The monoisotopic (exact) mass is 330 g/mol. The zero-order valence-corrected chi connectivity index (χ0v) is 13.5. The number of hydrogen-bond acceptors (Lipinski definition) is 6. The first-order chi connectivity index (χ1) is 11.7. The maximum Gasteiger partial charge on any atom is 0.222 e. The van der Waals surface area contributed by atoms with Gasteiger partial charge in [0.25, 0.3) is 0 Å². The molecule has 0 aliphatic carbocycles. The Bertz CT molecular complexity index is 633. The van der Waals surface area contributed by atoms with Crippen LogP contribution in [0.15, 0.2) is 36.9 Å². The van der Waals surface area contributed by atoms with Gasteiger partial charge in [-0.05, 0) is 25.0 Å². The van der Waals surface area contributed by atoms with E-state index in [0.717, 1.165) is 13.0 Å². The van der Waals surface area contributed by atoms with E-state index in [-0.39, 0.29) is 11.9 Å². The van der Waals surface area contributed by atoms with E-state index in [9.17, 15) is 9.90 Å². The molecule has 1 fully saturated rings. The van der Waals surface area contributed by atoms with E-state index < -0.39 is 6.10 Å². The first-order valence-corrected chi connectivity index (χ1v) is 8.19. The number of aryl methyl sites for hydroxylation is 1. The molecule has 2 atom stereocenters. The van der Waals surface area contributed by atoms with Crippen LogP contribution in [0.3, 0.4) is 0 Å². The molecule has 0 aromatic carbocycles. The highest BCUT2D eigenvalue weighted by molar-refractivity contribution is 5.76. The predicted molar refractivity (Wildman–Crippen MR) is 88.1 cm³/mol. The topological polar surface area (TPSA) is 96.2 Å². The molecule has 0 spiro atoms. The molecule has 2 aromatic heterocycles. The molecule has 1 saturated heterocycles. The van der Waals surface area contributed by atoms with Gasteiger partial charge in [0.1, 0.15) is 0 Å². The van der Waals surface area contributed by atoms with E-state index in [1.165, 1.54) is 0 Å². The smallest absolute Gasteiger partial charge is 0.222 e. The second-order valence-electron chi connectivity index (χ2n) is 5.89. The average molecular weight is 330 g/mol. The zero-order chi connectivity index (χ0) is 16.8. The summed E-state index contributed by atoms with van der Waals surface area (Å²) in [5.41, 5.74) is 0. The fraction of sp³-hybridized carbons (Fsp3) is 0.500. The number of nitrogens with one attached hydrogen (secondary N) is 1. The fourth-order valence-electron chi connectivity index (χ4n) is 2.85. The Labute approximate surface area is 140 Å². The van der Waals surface area contributed by atoms with Gasteiger partial charge in [0.15, 0.2) is 0 Å². The van der Waals surface area contributed by atoms with Crippen molar-refractivity contribution in [3.63, 3.8) is 0 Å². The lowest BCUT2D eigenvalue weighted by atomic mass is 10.0. The van der Waals surface area contributed by atoms with E-state index in [2.05, 4.69) is 20.4 Å². The fourth-order valence-corrected chi connectivity index (χ4v) is 2.85. The molecule has 8 nitrogen and oxygen atoms in total. The van der Waals surface area contributed by atoms with Crippen molar-refractivity contribution in [1.82, 2.24) is 24.6 Å². The van der Waals surface area contributed by atoms with Gasteiger partial charge in [0.2, 0.25) is 11.9 Å². The van der Waals surface area contributed by atoms with Gasteiger partial charge in [0, 0.05) is 50.8 Å².